The molecule has 0 saturated heterocycles. The molecule has 0 aliphatic carbocycles. The van der Waals surface area contributed by atoms with E-state index in [0.29, 0.717) is 5.75 Å². The number of nitrogens with two attached hydrogens (primary N) is 1. The molecular weight excluding hydrogens is 222 g/mol. The molecule has 0 atom stereocenters. The Bertz CT molecular complexity index is 377. The van der Waals surface area contributed by atoms with E-state index in [-0.39, 0.29) is 12.1 Å². The standard InChI is InChI=1S/C12H17NO2S/c1-8(2)15-12(14)7-16-11-5-4-10(13)6-9(11)3/h4-6,8H,7,13H2,1-3H3. The van der Waals surface area contributed by atoms with Crippen molar-refractivity contribution in [1.82, 2.24) is 0 Å². The Labute approximate surface area is 100 Å². The molecule has 0 fully saturated rings. The monoisotopic (exact) mass is 239 g/mol. The molecule has 2 N–H and O–H groups in total. The van der Waals surface area contributed by atoms with Crippen LogP contribution < -0.4 is 5.73 Å². The van der Waals surface area contributed by atoms with Gasteiger partial charge in [-0.05, 0) is 44.5 Å². The number of carbonyl (C=O) groups is 1. The molecule has 0 saturated carbocycles. The first-order chi connectivity index (χ1) is 7.49. The fourth-order valence-electron chi connectivity index (χ4n) is 1.27. The van der Waals surface area contributed by atoms with Gasteiger partial charge in [-0.25, -0.2) is 0 Å². The van der Waals surface area contributed by atoms with Crippen LogP contribution in [0.15, 0.2) is 23.1 Å². The summed E-state index contributed by atoms with van der Waals surface area (Å²) in [6.45, 7) is 5.67. The maximum Gasteiger partial charge on any atom is 0.316 e. The molecule has 0 spiro atoms. The Kier molecular flexibility index (Phi) is 4.68. The Morgan fingerprint density at radius 1 is 1.50 bits per heavy atom. The zero-order valence-electron chi connectivity index (χ0n) is 9.82. The van der Waals surface area contributed by atoms with Crippen molar-refractivity contribution in [1.29, 1.82) is 0 Å². The second-order valence-corrected chi connectivity index (χ2v) is 4.87. The number of benzene rings is 1. The Morgan fingerprint density at radius 3 is 2.75 bits per heavy atom. The molecule has 0 aliphatic heterocycles. The van der Waals surface area contributed by atoms with Crippen LogP contribution in [0.1, 0.15) is 19.4 Å². The fraction of sp³-hybridized carbons (Fsp3) is 0.417. The molecule has 0 bridgehead atoms. The van der Waals surface area contributed by atoms with Gasteiger partial charge in [0.15, 0.2) is 0 Å². The van der Waals surface area contributed by atoms with E-state index in [1.54, 1.807) is 0 Å². The summed E-state index contributed by atoms with van der Waals surface area (Å²) in [5.41, 5.74) is 7.48. The number of anilines is 1. The lowest BCUT2D eigenvalue weighted by Gasteiger charge is -2.09. The molecule has 1 aromatic rings. The Hall–Kier alpha value is -1.16. The summed E-state index contributed by atoms with van der Waals surface area (Å²) in [5.74, 6) is 0.152. The first-order valence-corrected chi connectivity index (χ1v) is 6.16. The summed E-state index contributed by atoms with van der Waals surface area (Å²) in [6.07, 6.45) is -0.0550. The number of nitrogen functional groups attached to an aromatic ring is 1. The second kappa shape index (κ2) is 5.80. The van der Waals surface area contributed by atoms with Crippen molar-refractivity contribution in [2.24, 2.45) is 0 Å². The zero-order valence-corrected chi connectivity index (χ0v) is 10.6. The molecule has 4 heteroatoms. The minimum Gasteiger partial charge on any atom is -0.462 e. The van der Waals surface area contributed by atoms with Crippen LogP contribution >= 0.6 is 11.8 Å². The summed E-state index contributed by atoms with van der Waals surface area (Å²) in [6, 6.07) is 5.66. The topological polar surface area (TPSA) is 52.3 Å². The molecule has 0 aromatic heterocycles. The fourth-order valence-corrected chi connectivity index (χ4v) is 2.06. The summed E-state index contributed by atoms with van der Waals surface area (Å²) in [4.78, 5) is 12.4. The van der Waals surface area contributed by atoms with Gasteiger partial charge >= 0.3 is 5.97 Å². The molecule has 1 aromatic carbocycles. The number of carbonyl (C=O) groups excluding carboxylic acids is 1. The average Bonchev–Trinajstić information content (AvgIpc) is 2.15. The molecule has 3 nitrogen and oxygen atoms in total. The van der Waals surface area contributed by atoms with Crippen molar-refractivity contribution in [2.75, 3.05) is 11.5 Å². The first-order valence-electron chi connectivity index (χ1n) is 5.17. The van der Waals surface area contributed by atoms with Crippen LogP contribution in [0, 0.1) is 6.92 Å². The van der Waals surface area contributed by atoms with Crippen LogP contribution in [-0.4, -0.2) is 17.8 Å². The van der Waals surface area contributed by atoms with Crippen molar-refractivity contribution in [2.45, 2.75) is 31.8 Å². The third-order valence-corrected chi connectivity index (χ3v) is 3.06. The second-order valence-electron chi connectivity index (χ2n) is 3.85. The predicted octanol–water partition coefficient (Wildman–Crippen LogP) is 2.62. The van der Waals surface area contributed by atoms with Gasteiger partial charge in [0.25, 0.3) is 0 Å². The van der Waals surface area contributed by atoms with Crippen molar-refractivity contribution < 1.29 is 9.53 Å². The van der Waals surface area contributed by atoms with E-state index in [2.05, 4.69) is 0 Å². The highest BCUT2D eigenvalue weighted by molar-refractivity contribution is 8.00. The summed E-state index contributed by atoms with van der Waals surface area (Å²) in [5, 5.41) is 0. The van der Waals surface area contributed by atoms with E-state index < -0.39 is 0 Å². The molecule has 0 heterocycles. The van der Waals surface area contributed by atoms with Gasteiger partial charge < -0.3 is 10.5 Å². The summed E-state index contributed by atoms with van der Waals surface area (Å²) < 4.78 is 5.05. The van der Waals surface area contributed by atoms with Gasteiger partial charge in [0.2, 0.25) is 0 Å². The maximum absolute atomic E-state index is 11.3. The third-order valence-electron chi connectivity index (χ3n) is 1.91. The van der Waals surface area contributed by atoms with Gasteiger partial charge in [0, 0.05) is 10.6 Å². The van der Waals surface area contributed by atoms with Crippen molar-refractivity contribution >= 4 is 23.4 Å². The van der Waals surface area contributed by atoms with Crippen LogP contribution in [0.4, 0.5) is 5.69 Å². The van der Waals surface area contributed by atoms with E-state index in [0.717, 1.165) is 16.1 Å². The minimum absolute atomic E-state index is 0.0550. The van der Waals surface area contributed by atoms with Crippen LogP contribution in [-0.2, 0) is 9.53 Å². The number of thioether (sulfide) groups is 1. The summed E-state index contributed by atoms with van der Waals surface area (Å²) >= 11 is 1.48. The van der Waals surface area contributed by atoms with E-state index in [9.17, 15) is 4.79 Å². The normalized spacial score (nSPS) is 10.5. The number of rotatable bonds is 4. The van der Waals surface area contributed by atoms with Crippen molar-refractivity contribution in [3.05, 3.63) is 23.8 Å². The lowest BCUT2D eigenvalue weighted by atomic mass is 10.2. The minimum atomic E-state index is -0.184. The smallest absolute Gasteiger partial charge is 0.316 e. The number of hydrogen-bond acceptors (Lipinski definition) is 4. The van der Waals surface area contributed by atoms with E-state index in [1.165, 1.54) is 11.8 Å². The number of hydrogen-bond donors (Lipinski definition) is 1. The molecule has 0 aliphatic rings. The molecule has 16 heavy (non-hydrogen) atoms. The lowest BCUT2D eigenvalue weighted by Crippen LogP contribution is -2.13. The number of ether oxygens (including phenoxy) is 1. The van der Waals surface area contributed by atoms with Gasteiger partial charge in [-0.1, -0.05) is 0 Å². The molecule has 0 amide bonds. The highest BCUT2D eigenvalue weighted by atomic mass is 32.2. The van der Waals surface area contributed by atoms with E-state index in [1.807, 2.05) is 39.0 Å². The predicted molar refractivity (Wildman–Crippen MR) is 67.5 cm³/mol. The lowest BCUT2D eigenvalue weighted by molar-refractivity contribution is -0.144. The van der Waals surface area contributed by atoms with Crippen LogP contribution in [0.25, 0.3) is 0 Å². The van der Waals surface area contributed by atoms with E-state index in [4.69, 9.17) is 10.5 Å². The number of aryl methyl sites for hydroxylation is 1. The van der Waals surface area contributed by atoms with Gasteiger partial charge in [0.1, 0.15) is 0 Å². The first kappa shape index (κ1) is 12.9. The molecule has 0 radical (unpaired) electrons. The Balaban J connectivity index is 2.51. The van der Waals surface area contributed by atoms with E-state index >= 15 is 0 Å². The summed E-state index contributed by atoms with van der Waals surface area (Å²) in [7, 11) is 0. The van der Waals surface area contributed by atoms with Gasteiger partial charge in [-0.15, -0.1) is 11.8 Å². The molecular formula is C12H17NO2S. The highest BCUT2D eigenvalue weighted by Gasteiger charge is 2.07. The van der Waals surface area contributed by atoms with Gasteiger partial charge in [-0.2, -0.15) is 0 Å². The van der Waals surface area contributed by atoms with Crippen LogP contribution in [0.5, 0.6) is 0 Å². The Morgan fingerprint density at radius 2 is 2.19 bits per heavy atom. The van der Waals surface area contributed by atoms with Crippen LogP contribution in [0.2, 0.25) is 0 Å². The molecule has 0 unspecified atom stereocenters. The van der Waals surface area contributed by atoms with Crippen molar-refractivity contribution in [3.63, 3.8) is 0 Å². The maximum atomic E-state index is 11.3. The average molecular weight is 239 g/mol. The largest absolute Gasteiger partial charge is 0.462 e. The zero-order chi connectivity index (χ0) is 12.1. The van der Waals surface area contributed by atoms with Crippen LogP contribution in [0.3, 0.4) is 0 Å². The molecule has 88 valence electrons. The quantitative estimate of drug-likeness (QED) is 0.498. The molecule has 1 rings (SSSR count). The third kappa shape index (κ3) is 4.14. The highest BCUT2D eigenvalue weighted by Crippen LogP contribution is 2.24. The number of esters is 1. The van der Waals surface area contributed by atoms with Crippen molar-refractivity contribution in [3.8, 4) is 0 Å². The van der Waals surface area contributed by atoms with Gasteiger partial charge in [0.05, 0.1) is 11.9 Å². The van der Waals surface area contributed by atoms with Gasteiger partial charge in [-0.3, -0.25) is 4.79 Å². The SMILES string of the molecule is Cc1cc(N)ccc1SCC(=O)OC(C)C.